The number of hydrogen-bond donors (Lipinski definition) is 1. The van der Waals surface area contributed by atoms with Gasteiger partial charge in [0.2, 0.25) is 0 Å². The van der Waals surface area contributed by atoms with Crippen LogP contribution < -0.4 is 10.1 Å². The molecular formula is C22H31N3O4. The SMILES string of the molecule is COCCN(CCOC)Cc1cccc(OCCCNC(=O)c2cccnc2)c1. The smallest absolute Gasteiger partial charge is 0.252 e. The summed E-state index contributed by atoms with van der Waals surface area (Å²) in [6.45, 7) is 4.96. The van der Waals surface area contributed by atoms with E-state index in [4.69, 9.17) is 14.2 Å². The van der Waals surface area contributed by atoms with Gasteiger partial charge in [0.15, 0.2) is 0 Å². The predicted molar refractivity (Wildman–Crippen MR) is 112 cm³/mol. The molecule has 0 atom stereocenters. The second-order valence-electron chi connectivity index (χ2n) is 6.61. The third-order valence-electron chi connectivity index (χ3n) is 4.33. The van der Waals surface area contributed by atoms with Crippen molar-refractivity contribution < 1.29 is 19.0 Å². The van der Waals surface area contributed by atoms with E-state index in [2.05, 4.69) is 27.3 Å². The summed E-state index contributed by atoms with van der Waals surface area (Å²) in [5.74, 6) is 0.715. The molecule has 0 saturated carbocycles. The van der Waals surface area contributed by atoms with E-state index in [1.165, 1.54) is 5.56 Å². The lowest BCUT2D eigenvalue weighted by atomic mass is 10.2. The summed E-state index contributed by atoms with van der Waals surface area (Å²) in [4.78, 5) is 18.2. The molecule has 158 valence electrons. The molecular weight excluding hydrogens is 370 g/mol. The molecule has 0 aliphatic carbocycles. The topological polar surface area (TPSA) is 72.9 Å². The Morgan fingerprint density at radius 3 is 2.55 bits per heavy atom. The maximum Gasteiger partial charge on any atom is 0.252 e. The van der Waals surface area contributed by atoms with Gasteiger partial charge < -0.3 is 19.5 Å². The monoisotopic (exact) mass is 401 g/mol. The number of aromatic nitrogens is 1. The van der Waals surface area contributed by atoms with Crippen molar-refractivity contribution in [2.45, 2.75) is 13.0 Å². The number of benzene rings is 1. The van der Waals surface area contributed by atoms with Crippen LogP contribution in [-0.2, 0) is 16.0 Å². The van der Waals surface area contributed by atoms with Gasteiger partial charge in [0.25, 0.3) is 5.91 Å². The molecule has 0 fully saturated rings. The molecule has 0 unspecified atom stereocenters. The largest absolute Gasteiger partial charge is 0.494 e. The zero-order chi connectivity index (χ0) is 20.7. The Hall–Kier alpha value is -2.48. The summed E-state index contributed by atoms with van der Waals surface area (Å²) >= 11 is 0. The molecule has 1 aromatic carbocycles. The van der Waals surface area contributed by atoms with Crippen LogP contribution >= 0.6 is 0 Å². The molecule has 2 aromatic rings. The highest BCUT2D eigenvalue weighted by molar-refractivity contribution is 5.93. The number of ether oxygens (including phenoxy) is 3. The van der Waals surface area contributed by atoms with E-state index in [-0.39, 0.29) is 5.91 Å². The second-order valence-corrected chi connectivity index (χ2v) is 6.61. The predicted octanol–water partition coefficient (Wildman–Crippen LogP) is 2.38. The Balaban J connectivity index is 1.73. The Kier molecular flexibility index (Phi) is 10.7. The molecule has 0 bridgehead atoms. The van der Waals surface area contributed by atoms with Gasteiger partial charge >= 0.3 is 0 Å². The standard InChI is InChI=1S/C22H31N3O4/c1-27-14-11-25(12-15-28-2)18-19-6-3-8-21(16-19)29-13-5-10-24-22(26)20-7-4-9-23-17-20/h3-4,6-9,16-17H,5,10-15,18H2,1-2H3,(H,24,26). The lowest BCUT2D eigenvalue weighted by Gasteiger charge is -2.22. The van der Waals surface area contributed by atoms with Gasteiger partial charge in [-0.05, 0) is 36.2 Å². The first-order valence-corrected chi connectivity index (χ1v) is 9.83. The third kappa shape index (κ3) is 9.04. The summed E-state index contributed by atoms with van der Waals surface area (Å²) in [5, 5.41) is 2.87. The normalized spacial score (nSPS) is 10.9. The van der Waals surface area contributed by atoms with E-state index in [1.54, 1.807) is 38.7 Å². The van der Waals surface area contributed by atoms with Crippen molar-refractivity contribution in [3.05, 3.63) is 59.9 Å². The maximum absolute atomic E-state index is 12.0. The average Bonchev–Trinajstić information content (AvgIpc) is 2.76. The van der Waals surface area contributed by atoms with E-state index >= 15 is 0 Å². The van der Waals surface area contributed by atoms with Crippen LogP contribution in [0.4, 0.5) is 0 Å². The van der Waals surface area contributed by atoms with Gasteiger partial charge in [-0.3, -0.25) is 14.7 Å². The Morgan fingerprint density at radius 2 is 1.86 bits per heavy atom. The highest BCUT2D eigenvalue weighted by atomic mass is 16.5. The van der Waals surface area contributed by atoms with Crippen molar-refractivity contribution in [3.8, 4) is 5.75 Å². The summed E-state index contributed by atoms with van der Waals surface area (Å²) in [6, 6.07) is 11.6. The molecule has 1 aromatic heterocycles. The van der Waals surface area contributed by atoms with Gasteiger partial charge in [-0.25, -0.2) is 0 Å². The van der Waals surface area contributed by atoms with Crippen LogP contribution in [0.25, 0.3) is 0 Å². The van der Waals surface area contributed by atoms with Crippen LogP contribution in [0.1, 0.15) is 22.3 Å². The number of carbonyl (C=O) groups is 1. The van der Waals surface area contributed by atoms with E-state index in [0.717, 1.165) is 31.8 Å². The van der Waals surface area contributed by atoms with E-state index < -0.39 is 0 Å². The van der Waals surface area contributed by atoms with Crippen molar-refractivity contribution in [1.82, 2.24) is 15.2 Å². The second kappa shape index (κ2) is 13.7. The molecule has 7 heteroatoms. The third-order valence-corrected chi connectivity index (χ3v) is 4.33. The van der Waals surface area contributed by atoms with Crippen molar-refractivity contribution in [2.24, 2.45) is 0 Å². The quantitative estimate of drug-likeness (QED) is 0.490. The van der Waals surface area contributed by atoms with Crippen LogP contribution in [0.2, 0.25) is 0 Å². The van der Waals surface area contributed by atoms with Crippen molar-refractivity contribution in [2.75, 3.05) is 53.7 Å². The fourth-order valence-electron chi connectivity index (χ4n) is 2.77. The number of amides is 1. The summed E-state index contributed by atoms with van der Waals surface area (Å²) in [7, 11) is 3.42. The molecule has 1 amide bonds. The molecule has 0 aliphatic rings. The van der Waals surface area contributed by atoms with Gasteiger partial charge in [-0.2, -0.15) is 0 Å². The fraction of sp³-hybridized carbons (Fsp3) is 0.455. The summed E-state index contributed by atoms with van der Waals surface area (Å²) < 4.78 is 16.2. The Labute approximate surface area is 173 Å². The van der Waals surface area contributed by atoms with Crippen LogP contribution in [-0.4, -0.2) is 69.5 Å². The van der Waals surface area contributed by atoms with Crippen LogP contribution in [0.3, 0.4) is 0 Å². The zero-order valence-electron chi connectivity index (χ0n) is 17.3. The minimum atomic E-state index is -0.118. The number of carbonyl (C=O) groups excluding carboxylic acids is 1. The van der Waals surface area contributed by atoms with Crippen LogP contribution in [0.15, 0.2) is 48.8 Å². The van der Waals surface area contributed by atoms with Gasteiger partial charge in [-0.15, -0.1) is 0 Å². The molecule has 0 radical (unpaired) electrons. The number of rotatable bonds is 14. The summed E-state index contributed by atoms with van der Waals surface area (Å²) in [5.41, 5.74) is 1.74. The first kappa shape index (κ1) is 22.8. The molecule has 7 nitrogen and oxygen atoms in total. The fourth-order valence-corrected chi connectivity index (χ4v) is 2.77. The lowest BCUT2D eigenvalue weighted by Crippen LogP contribution is -2.30. The Morgan fingerprint density at radius 1 is 1.07 bits per heavy atom. The number of pyridine rings is 1. The molecule has 0 saturated heterocycles. The molecule has 29 heavy (non-hydrogen) atoms. The van der Waals surface area contributed by atoms with Crippen molar-refractivity contribution >= 4 is 5.91 Å². The zero-order valence-corrected chi connectivity index (χ0v) is 17.3. The minimum absolute atomic E-state index is 0.118. The molecule has 1 heterocycles. The maximum atomic E-state index is 12.0. The highest BCUT2D eigenvalue weighted by Gasteiger charge is 2.07. The van der Waals surface area contributed by atoms with Crippen LogP contribution in [0.5, 0.6) is 5.75 Å². The lowest BCUT2D eigenvalue weighted by molar-refractivity contribution is 0.0951. The Bertz CT molecular complexity index is 704. The molecule has 0 aliphatic heterocycles. The number of methoxy groups -OCH3 is 2. The van der Waals surface area contributed by atoms with Crippen molar-refractivity contribution in [1.29, 1.82) is 0 Å². The van der Waals surface area contributed by atoms with E-state index in [1.807, 2.05) is 12.1 Å². The van der Waals surface area contributed by atoms with Crippen molar-refractivity contribution in [3.63, 3.8) is 0 Å². The van der Waals surface area contributed by atoms with Crippen LogP contribution in [0, 0.1) is 0 Å². The molecule has 1 N–H and O–H groups in total. The van der Waals surface area contributed by atoms with E-state index in [0.29, 0.717) is 31.9 Å². The molecule has 0 spiro atoms. The van der Waals surface area contributed by atoms with Gasteiger partial charge in [-0.1, -0.05) is 12.1 Å². The van der Waals surface area contributed by atoms with Gasteiger partial charge in [0.1, 0.15) is 5.75 Å². The number of nitrogens with one attached hydrogen (secondary N) is 1. The minimum Gasteiger partial charge on any atom is -0.494 e. The molecule has 2 rings (SSSR count). The highest BCUT2D eigenvalue weighted by Crippen LogP contribution is 2.15. The summed E-state index contributed by atoms with van der Waals surface area (Å²) in [6.07, 6.45) is 3.93. The van der Waals surface area contributed by atoms with Gasteiger partial charge in [0.05, 0.1) is 25.4 Å². The van der Waals surface area contributed by atoms with Gasteiger partial charge in [0, 0.05) is 52.8 Å². The number of hydrogen-bond acceptors (Lipinski definition) is 6. The number of nitrogens with zero attached hydrogens (tertiary/aromatic N) is 2. The van der Waals surface area contributed by atoms with E-state index in [9.17, 15) is 4.79 Å². The first-order chi connectivity index (χ1) is 14.2. The first-order valence-electron chi connectivity index (χ1n) is 9.83. The average molecular weight is 402 g/mol.